The molecule has 40 heavy (non-hydrogen) atoms. The Balaban J connectivity index is 1.39. The molecule has 1 aliphatic carbocycles. The van der Waals surface area contributed by atoms with Gasteiger partial charge < -0.3 is 59.1 Å². The Bertz CT molecular complexity index is 938. The van der Waals surface area contributed by atoms with E-state index in [1.165, 1.54) is 6.26 Å². The lowest BCUT2D eigenvalue weighted by atomic mass is 9.83. The fourth-order valence-corrected chi connectivity index (χ4v) is 5.60. The zero-order valence-corrected chi connectivity index (χ0v) is 22.7. The second kappa shape index (κ2) is 12.7. The van der Waals surface area contributed by atoms with Gasteiger partial charge in [-0.3, -0.25) is 9.59 Å². The highest BCUT2D eigenvalue weighted by Crippen LogP contribution is 2.45. The lowest BCUT2D eigenvalue weighted by Crippen LogP contribution is -2.61. The Morgan fingerprint density at radius 2 is 1.88 bits per heavy atom. The molecule has 12 unspecified atom stereocenters. The maximum absolute atomic E-state index is 12.6. The minimum Gasteiger partial charge on any atom is -0.462 e. The summed E-state index contributed by atoms with van der Waals surface area (Å²) in [6.07, 6.45) is -9.59. The topological polar surface area (TPSA) is 211 Å². The Kier molecular flexibility index (Phi) is 9.87. The molecule has 1 saturated carbocycles. The molecule has 12 atom stereocenters. The van der Waals surface area contributed by atoms with Crippen LogP contribution in [0.5, 0.6) is 0 Å². The summed E-state index contributed by atoms with van der Waals surface area (Å²) in [5, 5.41) is 61.0. The first-order valence-electron chi connectivity index (χ1n) is 13.5. The monoisotopic (exact) mass is 576 g/mol. The summed E-state index contributed by atoms with van der Waals surface area (Å²) in [6, 6.07) is 0. The van der Waals surface area contributed by atoms with Crippen molar-refractivity contribution >= 4 is 11.8 Å². The maximum Gasteiger partial charge on any atom is 0.309 e. The van der Waals surface area contributed by atoms with Crippen LogP contribution in [0.1, 0.15) is 33.6 Å². The summed E-state index contributed by atoms with van der Waals surface area (Å²) in [6.45, 7) is 3.49. The molecule has 3 heterocycles. The number of carbonyl (C=O) groups excluding carboxylic acids is 2. The fraction of sp³-hybridized carbons (Fsp3) is 0.846. The van der Waals surface area contributed by atoms with Crippen LogP contribution >= 0.6 is 0 Å². The van der Waals surface area contributed by atoms with Gasteiger partial charge in [0.1, 0.15) is 41.9 Å². The second-order valence-electron chi connectivity index (χ2n) is 11.4. The number of hydrogen-bond acceptors (Lipinski definition) is 14. The van der Waals surface area contributed by atoms with Crippen molar-refractivity contribution in [1.29, 1.82) is 0 Å². The molecule has 6 N–H and O–H groups in total. The third-order valence-corrected chi connectivity index (χ3v) is 8.04. The third kappa shape index (κ3) is 6.21. The number of aliphatic hydroxyl groups is 6. The molecule has 3 aliphatic heterocycles. The van der Waals surface area contributed by atoms with E-state index in [-0.39, 0.29) is 37.1 Å². The van der Waals surface area contributed by atoms with Crippen molar-refractivity contribution in [1.82, 2.24) is 0 Å². The zero-order chi connectivity index (χ0) is 29.4. The first-order chi connectivity index (χ1) is 18.9. The van der Waals surface area contributed by atoms with E-state index in [4.69, 9.17) is 28.4 Å². The molecule has 228 valence electrons. The van der Waals surface area contributed by atoms with Crippen LogP contribution in [0.2, 0.25) is 0 Å². The van der Waals surface area contributed by atoms with Crippen LogP contribution in [-0.4, -0.2) is 124 Å². The fourth-order valence-electron chi connectivity index (χ4n) is 5.60. The number of ether oxygens (including phenoxy) is 6. The normalized spacial score (nSPS) is 43.4. The predicted octanol–water partition coefficient (Wildman–Crippen LogP) is -2.06. The van der Waals surface area contributed by atoms with Crippen molar-refractivity contribution in [3.05, 3.63) is 11.8 Å². The first kappa shape index (κ1) is 31.2. The van der Waals surface area contributed by atoms with Gasteiger partial charge in [0.05, 0.1) is 32.7 Å². The molecular formula is C26H40O14. The van der Waals surface area contributed by atoms with Crippen LogP contribution in [0.4, 0.5) is 0 Å². The highest BCUT2D eigenvalue weighted by atomic mass is 16.7. The summed E-state index contributed by atoms with van der Waals surface area (Å²) < 4.78 is 33.4. The molecule has 4 rings (SSSR count). The van der Waals surface area contributed by atoms with E-state index in [0.717, 1.165) is 0 Å². The molecule has 4 aliphatic rings. The smallest absolute Gasteiger partial charge is 0.309 e. The van der Waals surface area contributed by atoms with Crippen molar-refractivity contribution in [2.75, 3.05) is 26.4 Å². The van der Waals surface area contributed by atoms with Gasteiger partial charge in [0, 0.05) is 30.6 Å². The Morgan fingerprint density at radius 1 is 1.15 bits per heavy atom. The van der Waals surface area contributed by atoms with Crippen molar-refractivity contribution in [2.24, 2.45) is 23.7 Å². The van der Waals surface area contributed by atoms with Crippen LogP contribution in [-0.2, 0) is 38.0 Å². The molecule has 0 amide bonds. The highest BCUT2D eigenvalue weighted by molar-refractivity contribution is 5.84. The number of hydrogen-bond donors (Lipinski definition) is 6. The molecule has 0 aromatic heterocycles. The minimum atomic E-state index is -1.97. The molecule has 0 bridgehead atoms. The Labute approximate surface area is 231 Å². The summed E-state index contributed by atoms with van der Waals surface area (Å²) >= 11 is 0. The van der Waals surface area contributed by atoms with Crippen LogP contribution in [0.25, 0.3) is 0 Å². The van der Waals surface area contributed by atoms with Crippen LogP contribution < -0.4 is 0 Å². The molecule has 2 saturated heterocycles. The molecule has 0 spiro atoms. The van der Waals surface area contributed by atoms with Gasteiger partial charge >= 0.3 is 5.97 Å². The van der Waals surface area contributed by atoms with E-state index in [9.17, 15) is 40.2 Å². The lowest BCUT2D eigenvalue weighted by Gasteiger charge is -2.43. The number of aliphatic hydroxyl groups excluding tert-OH is 5. The van der Waals surface area contributed by atoms with Gasteiger partial charge in [-0.2, -0.15) is 0 Å². The molecular weight excluding hydrogens is 536 g/mol. The van der Waals surface area contributed by atoms with E-state index < -0.39 is 92.6 Å². The standard InChI is InChI=1S/C26H40O14/c1-11(2)4-17(30)39-23-18-12(3)15(29)5-14(18)13(7-35-23)8-36-24-20(32)19(31)21(16(6-27)38-24)40-25-22(33)26(34,9-28)10-37-25/h7,11-12,14,16,18-25,27-28,31-34H,4-6,8-10H2,1-3H3. The first-order valence-corrected chi connectivity index (χ1v) is 13.5. The van der Waals surface area contributed by atoms with Gasteiger partial charge in [-0.25, -0.2) is 0 Å². The number of esters is 1. The van der Waals surface area contributed by atoms with Gasteiger partial charge in [-0.1, -0.05) is 20.8 Å². The SMILES string of the molecule is CC(C)CC(=O)OC1OC=C(COC2OC(CO)C(OC3OCC(O)(CO)C3O)C(O)C2O)C2CC(=O)C(C)C12. The second-order valence-corrected chi connectivity index (χ2v) is 11.4. The molecule has 0 aromatic rings. The Hall–Kier alpha value is -1.72. The molecule has 0 radical (unpaired) electrons. The predicted molar refractivity (Wildman–Crippen MR) is 131 cm³/mol. The average molecular weight is 577 g/mol. The third-order valence-electron chi connectivity index (χ3n) is 8.04. The largest absolute Gasteiger partial charge is 0.462 e. The quantitative estimate of drug-likeness (QED) is 0.155. The highest BCUT2D eigenvalue weighted by Gasteiger charge is 2.54. The van der Waals surface area contributed by atoms with Crippen LogP contribution in [0.15, 0.2) is 11.8 Å². The van der Waals surface area contributed by atoms with Gasteiger partial charge in [0.15, 0.2) is 12.6 Å². The van der Waals surface area contributed by atoms with Gasteiger partial charge in [-0.05, 0) is 11.5 Å². The van der Waals surface area contributed by atoms with Crippen molar-refractivity contribution in [3.8, 4) is 0 Å². The number of fused-ring (bicyclic) bond motifs is 1. The van der Waals surface area contributed by atoms with Gasteiger partial charge in [-0.15, -0.1) is 0 Å². The number of carbonyl (C=O) groups is 2. The molecule has 3 fully saturated rings. The van der Waals surface area contributed by atoms with E-state index >= 15 is 0 Å². The summed E-state index contributed by atoms with van der Waals surface area (Å²) in [5.41, 5.74) is -1.39. The number of ketones is 1. The van der Waals surface area contributed by atoms with Gasteiger partial charge in [0.2, 0.25) is 6.29 Å². The number of rotatable bonds is 10. The van der Waals surface area contributed by atoms with Crippen molar-refractivity contribution in [3.63, 3.8) is 0 Å². The van der Waals surface area contributed by atoms with E-state index in [1.54, 1.807) is 6.92 Å². The van der Waals surface area contributed by atoms with E-state index in [0.29, 0.717) is 5.57 Å². The molecule has 14 heteroatoms. The zero-order valence-electron chi connectivity index (χ0n) is 22.7. The van der Waals surface area contributed by atoms with Crippen molar-refractivity contribution < 1.29 is 68.6 Å². The summed E-state index contributed by atoms with van der Waals surface area (Å²) in [7, 11) is 0. The van der Waals surface area contributed by atoms with Crippen LogP contribution in [0, 0.1) is 23.7 Å². The van der Waals surface area contributed by atoms with Crippen LogP contribution in [0.3, 0.4) is 0 Å². The summed E-state index contributed by atoms with van der Waals surface area (Å²) in [4.78, 5) is 24.8. The number of Topliss-reactive ketones (excluding diaryl/α,β-unsaturated/α-hetero) is 1. The maximum atomic E-state index is 12.6. The minimum absolute atomic E-state index is 0.00886. The molecule has 14 nitrogen and oxygen atoms in total. The lowest BCUT2D eigenvalue weighted by molar-refractivity contribution is -0.327. The Morgan fingerprint density at radius 3 is 2.50 bits per heavy atom. The van der Waals surface area contributed by atoms with Gasteiger partial charge in [0.25, 0.3) is 0 Å². The average Bonchev–Trinajstić information content (AvgIpc) is 3.37. The molecule has 0 aromatic carbocycles. The van der Waals surface area contributed by atoms with E-state index in [1.807, 2.05) is 13.8 Å². The van der Waals surface area contributed by atoms with E-state index in [2.05, 4.69) is 0 Å². The summed E-state index contributed by atoms with van der Waals surface area (Å²) in [5.74, 6) is -1.51. The van der Waals surface area contributed by atoms with Crippen molar-refractivity contribution in [2.45, 2.75) is 88.6 Å².